The Morgan fingerprint density at radius 3 is 2.55 bits per heavy atom. The third-order valence-corrected chi connectivity index (χ3v) is 5.12. The lowest BCUT2D eigenvalue weighted by Gasteiger charge is -2.24. The summed E-state index contributed by atoms with van der Waals surface area (Å²) in [7, 11) is 1.75. The summed E-state index contributed by atoms with van der Waals surface area (Å²) in [4.78, 5) is 13.6. The van der Waals surface area contributed by atoms with Gasteiger partial charge in [-0.05, 0) is 75.8 Å². The van der Waals surface area contributed by atoms with Crippen molar-refractivity contribution in [3.05, 3.63) is 58.1 Å². The molecule has 0 saturated heterocycles. The molecule has 4 nitrogen and oxygen atoms in total. The summed E-state index contributed by atoms with van der Waals surface area (Å²) in [5.74, 6) is 0. The van der Waals surface area contributed by atoms with Crippen LogP contribution >= 0.6 is 15.9 Å². The SMILES string of the molecule is Cc1cccc(-c2cc(Br)ccc2C(O)CCCCN(C)C(=O)OC(C)(C)C)c1. The Morgan fingerprint density at radius 1 is 1.17 bits per heavy atom. The summed E-state index contributed by atoms with van der Waals surface area (Å²) in [5.41, 5.74) is 3.77. The minimum absolute atomic E-state index is 0.312. The quantitative estimate of drug-likeness (QED) is 0.478. The summed E-state index contributed by atoms with van der Waals surface area (Å²) in [6.07, 6.45) is 1.40. The van der Waals surface area contributed by atoms with Gasteiger partial charge in [0.2, 0.25) is 0 Å². The Labute approximate surface area is 183 Å². The summed E-state index contributed by atoms with van der Waals surface area (Å²) >= 11 is 3.54. The van der Waals surface area contributed by atoms with Crippen molar-refractivity contribution in [3.8, 4) is 11.1 Å². The second kappa shape index (κ2) is 10.3. The van der Waals surface area contributed by atoms with Crippen LogP contribution in [0.1, 0.15) is 57.3 Å². The molecule has 2 rings (SSSR count). The molecule has 0 radical (unpaired) electrons. The van der Waals surface area contributed by atoms with E-state index in [1.54, 1.807) is 11.9 Å². The topological polar surface area (TPSA) is 49.8 Å². The number of rotatable bonds is 7. The molecule has 1 amide bonds. The van der Waals surface area contributed by atoms with Crippen molar-refractivity contribution in [2.75, 3.05) is 13.6 Å². The molecule has 0 spiro atoms. The zero-order valence-corrected chi connectivity index (χ0v) is 19.6. The summed E-state index contributed by atoms with van der Waals surface area (Å²) in [5, 5.41) is 10.8. The molecule has 158 valence electrons. The van der Waals surface area contributed by atoms with E-state index < -0.39 is 11.7 Å². The normalized spacial score (nSPS) is 12.5. The number of ether oxygens (including phenoxy) is 1. The number of aryl methyl sites for hydroxylation is 1. The first-order valence-corrected chi connectivity index (χ1v) is 10.8. The fourth-order valence-electron chi connectivity index (χ4n) is 3.15. The summed E-state index contributed by atoms with van der Waals surface area (Å²) in [6, 6.07) is 14.3. The van der Waals surface area contributed by atoms with Gasteiger partial charge in [-0.25, -0.2) is 4.79 Å². The maximum absolute atomic E-state index is 12.0. The second-order valence-electron chi connectivity index (χ2n) is 8.51. The molecule has 0 fully saturated rings. The third kappa shape index (κ3) is 7.48. The fourth-order valence-corrected chi connectivity index (χ4v) is 3.52. The standard InChI is InChI=1S/C24H32BrNO3/c1-17-9-8-10-18(15-17)21-16-19(25)12-13-20(21)22(27)11-6-7-14-26(5)23(28)29-24(2,3)4/h8-10,12-13,15-16,22,27H,6-7,11,14H2,1-5H3. The monoisotopic (exact) mass is 461 g/mol. The van der Waals surface area contributed by atoms with E-state index in [0.717, 1.165) is 34.0 Å². The number of nitrogens with zero attached hydrogens (tertiary/aromatic N) is 1. The van der Waals surface area contributed by atoms with E-state index in [9.17, 15) is 9.90 Å². The molecule has 0 aromatic heterocycles. The van der Waals surface area contributed by atoms with Gasteiger partial charge in [-0.15, -0.1) is 0 Å². The smallest absolute Gasteiger partial charge is 0.410 e. The molecule has 2 aromatic rings. The van der Waals surface area contributed by atoms with Crippen molar-refractivity contribution in [2.45, 2.75) is 58.7 Å². The molecule has 0 aliphatic heterocycles. The predicted molar refractivity (Wildman–Crippen MR) is 122 cm³/mol. The highest BCUT2D eigenvalue weighted by atomic mass is 79.9. The first-order valence-electron chi connectivity index (χ1n) is 10.1. The molecule has 0 bridgehead atoms. The van der Waals surface area contributed by atoms with Gasteiger partial charge in [0, 0.05) is 18.1 Å². The van der Waals surface area contributed by atoms with Crippen LogP contribution in [0.4, 0.5) is 4.79 Å². The lowest BCUT2D eigenvalue weighted by atomic mass is 9.93. The van der Waals surface area contributed by atoms with Crippen molar-refractivity contribution >= 4 is 22.0 Å². The van der Waals surface area contributed by atoms with Gasteiger partial charge < -0.3 is 14.7 Å². The number of unbranched alkanes of at least 4 members (excludes halogenated alkanes) is 1. The fraction of sp³-hybridized carbons (Fsp3) is 0.458. The van der Waals surface area contributed by atoms with E-state index in [0.29, 0.717) is 13.0 Å². The minimum Gasteiger partial charge on any atom is -0.444 e. The van der Waals surface area contributed by atoms with Crippen LogP contribution in [0.15, 0.2) is 46.9 Å². The van der Waals surface area contributed by atoms with Gasteiger partial charge in [-0.3, -0.25) is 0 Å². The van der Waals surface area contributed by atoms with Crippen LogP contribution in [0.3, 0.4) is 0 Å². The van der Waals surface area contributed by atoms with Crippen molar-refractivity contribution < 1.29 is 14.6 Å². The number of amides is 1. The lowest BCUT2D eigenvalue weighted by molar-refractivity contribution is 0.0295. The van der Waals surface area contributed by atoms with E-state index >= 15 is 0 Å². The number of hydrogen-bond acceptors (Lipinski definition) is 3. The van der Waals surface area contributed by atoms with Crippen LogP contribution in [-0.4, -0.2) is 35.3 Å². The van der Waals surface area contributed by atoms with E-state index in [2.05, 4.69) is 47.1 Å². The molecule has 29 heavy (non-hydrogen) atoms. The van der Waals surface area contributed by atoms with E-state index in [4.69, 9.17) is 4.74 Å². The third-order valence-electron chi connectivity index (χ3n) is 4.63. The number of aliphatic hydroxyl groups is 1. The Hall–Kier alpha value is -1.85. The predicted octanol–water partition coefficient (Wildman–Crippen LogP) is 6.50. The van der Waals surface area contributed by atoms with Crippen molar-refractivity contribution in [1.82, 2.24) is 4.90 Å². The molecule has 0 aliphatic carbocycles. The van der Waals surface area contributed by atoms with E-state index in [1.807, 2.05) is 39.0 Å². The van der Waals surface area contributed by atoms with Gasteiger partial charge >= 0.3 is 6.09 Å². The highest BCUT2D eigenvalue weighted by Gasteiger charge is 2.19. The molecule has 1 N–H and O–H groups in total. The first-order chi connectivity index (χ1) is 13.6. The molecular weight excluding hydrogens is 430 g/mol. The maximum atomic E-state index is 12.0. The van der Waals surface area contributed by atoms with Crippen LogP contribution < -0.4 is 0 Å². The molecule has 1 atom stereocenters. The van der Waals surface area contributed by atoms with Gasteiger partial charge in [-0.1, -0.05) is 51.8 Å². The molecule has 0 aliphatic rings. The zero-order chi connectivity index (χ0) is 21.6. The Balaban J connectivity index is 1.96. The largest absolute Gasteiger partial charge is 0.444 e. The summed E-state index contributed by atoms with van der Waals surface area (Å²) in [6.45, 7) is 8.25. The van der Waals surface area contributed by atoms with Gasteiger partial charge in [-0.2, -0.15) is 0 Å². The Morgan fingerprint density at radius 2 is 1.90 bits per heavy atom. The average Bonchev–Trinajstić information content (AvgIpc) is 2.63. The van der Waals surface area contributed by atoms with Crippen molar-refractivity contribution in [3.63, 3.8) is 0 Å². The summed E-state index contributed by atoms with van der Waals surface area (Å²) < 4.78 is 6.36. The number of hydrogen-bond donors (Lipinski definition) is 1. The minimum atomic E-state index is -0.551. The second-order valence-corrected chi connectivity index (χ2v) is 9.43. The molecule has 5 heteroatoms. The Kier molecular flexibility index (Phi) is 8.29. The van der Waals surface area contributed by atoms with E-state index in [-0.39, 0.29) is 6.09 Å². The number of benzene rings is 2. The van der Waals surface area contributed by atoms with Crippen LogP contribution in [0.5, 0.6) is 0 Å². The van der Waals surface area contributed by atoms with Gasteiger partial charge in [0.05, 0.1) is 6.10 Å². The lowest BCUT2D eigenvalue weighted by Crippen LogP contribution is -2.34. The van der Waals surface area contributed by atoms with Crippen LogP contribution in [0.25, 0.3) is 11.1 Å². The van der Waals surface area contributed by atoms with Crippen LogP contribution in [-0.2, 0) is 4.74 Å². The molecule has 2 aromatic carbocycles. The highest BCUT2D eigenvalue weighted by Crippen LogP contribution is 2.33. The maximum Gasteiger partial charge on any atom is 0.410 e. The average molecular weight is 462 g/mol. The van der Waals surface area contributed by atoms with Gasteiger partial charge in [0.25, 0.3) is 0 Å². The van der Waals surface area contributed by atoms with Gasteiger partial charge in [0.1, 0.15) is 5.60 Å². The molecule has 0 saturated carbocycles. The molecular formula is C24H32BrNO3. The molecule has 0 heterocycles. The van der Waals surface area contributed by atoms with E-state index in [1.165, 1.54) is 5.56 Å². The van der Waals surface area contributed by atoms with Gasteiger partial charge in [0.15, 0.2) is 0 Å². The van der Waals surface area contributed by atoms with Crippen LogP contribution in [0, 0.1) is 6.92 Å². The zero-order valence-electron chi connectivity index (χ0n) is 18.0. The molecule has 1 unspecified atom stereocenters. The Bertz CT molecular complexity index is 829. The number of halogens is 1. The van der Waals surface area contributed by atoms with Crippen LogP contribution in [0.2, 0.25) is 0 Å². The number of aliphatic hydroxyl groups excluding tert-OH is 1. The van der Waals surface area contributed by atoms with Crippen molar-refractivity contribution in [2.24, 2.45) is 0 Å². The van der Waals surface area contributed by atoms with Crippen molar-refractivity contribution in [1.29, 1.82) is 0 Å². The first kappa shape index (κ1) is 23.4. The highest BCUT2D eigenvalue weighted by molar-refractivity contribution is 9.10. The number of carbonyl (C=O) groups is 1. The number of carbonyl (C=O) groups excluding carboxylic acids is 1.